The minimum Gasteiger partial charge on any atom is -0.389 e. The molecule has 0 saturated heterocycles. The van der Waals surface area contributed by atoms with Crippen molar-refractivity contribution in [3.8, 4) is 45.0 Å². The Labute approximate surface area is 608 Å². The van der Waals surface area contributed by atoms with Gasteiger partial charge in [0.1, 0.15) is 28.4 Å². The Morgan fingerprint density at radius 1 is 0.412 bits per heavy atom. The lowest BCUT2D eigenvalue weighted by molar-refractivity contribution is 0.120. The number of rotatable bonds is 21. The third kappa shape index (κ3) is 18.5. The second-order valence-electron chi connectivity index (χ2n) is 23.1. The molecule has 2 atom stereocenters. The van der Waals surface area contributed by atoms with Gasteiger partial charge in [0.15, 0.2) is 0 Å². The molecule has 0 amide bonds. The van der Waals surface area contributed by atoms with Crippen LogP contribution in [0.3, 0.4) is 0 Å². The Kier molecular flexibility index (Phi) is 26.8. The fraction of sp³-hybridized carbons (Fsp3) is 0.185. The third-order valence-electron chi connectivity index (χ3n) is 16.3. The number of nitrogens with one attached hydrogen (secondary N) is 4. The standard InChI is InChI=1S/C21H22ClN3O2.C20H20ClN3O2.C20H18ClN3O.C20H21N3O/c1-4-25-21(26)20(23-17-12-8-11-16(22)13-17)18(14(2)27-3)19(24-25)15-9-6-5-7-10-15;1-3-24-20(26)19(22-16-11-7-10-15(21)12-16)17(13(2)25)18(23-24)14-8-5-4-6-9-14;1-3-17-18(14-9-6-5-7-10-14)23-24(4-2)20(25)19(17)22-16-12-8-11-15(21)13-16;1-3-17-18(15-11-7-5-8-12-15)22-23(4-2)20(24)19(17)21-16-13-9-6-10-14-16/h5-14,23H,4H2,1-3H3;4-13,22,25H,3H2,1-2H3;3,5-13,22H,1,4H2,2H3;5-14,21H,3-4H2,1-2H3. The minimum absolute atomic E-state index is 0.0853. The van der Waals surface area contributed by atoms with E-state index in [4.69, 9.17) is 39.5 Å². The highest BCUT2D eigenvalue weighted by atomic mass is 35.5. The smallest absolute Gasteiger partial charge is 0.291 e. The summed E-state index contributed by atoms with van der Waals surface area (Å²) in [6, 6.07) is 70.4. The van der Waals surface area contributed by atoms with Crippen molar-refractivity contribution in [2.75, 3.05) is 28.4 Å². The van der Waals surface area contributed by atoms with Crippen LogP contribution >= 0.6 is 34.8 Å². The van der Waals surface area contributed by atoms with Crippen LogP contribution in [0.15, 0.2) is 250 Å². The molecule has 12 rings (SSSR count). The molecule has 4 heterocycles. The van der Waals surface area contributed by atoms with Gasteiger partial charge in [-0.3, -0.25) is 19.2 Å². The highest BCUT2D eigenvalue weighted by molar-refractivity contribution is 6.31. The zero-order chi connectivity index (χ0) is 72.8. The van der Waals surface area contributed by atoms with Crippen molar-refractivity contribution in [3.05, 3.63) is 310 Å². The van der Waals surface area contributed by atoms with Gasteiger partial charge in [0, 0.05) is 116 Å². The maximum atomic E-state index is 13.1. The minimum atomic E-state index is -0.876. The molecule has 0 aliphatic heterocycles. The first kappa shape index (κ1) is 75.2. The van der Waals surface area contributed by atoms with Gasteiger partial charge < -0.3 is 31.1 Å². The summed E-state index contributed by atoms with van der Waals surface area (Å²) in [5, 5.41) is 43.2. The van der Waals surface area contributed by atoms with Crippen molar-refractivity contribution in [1.29, 1.82) is 0 Å². The maximum absolute atomic E-state index is 13.1. The van der Waals surface area contributed by atoms with Crippen LogP contribution in [-0.4, -0.2) is 51.3 Å². The van der Waals surface area contributed by atoms with E-state index in [0.29, 0.717) is 92.2 Å². The first-order valence-electron chi connectivity index (χ1n) is 33.5. The largest absolute Gasteiger partial charge is 0.389 e. The zero-order valence-corrected chi connectivity index (χ0v) is 60.3. The Balaban J connectivity index is 0.000000158. The van der Waals surface area contributed by atoms with E-state index in [1.54, 1.807) is 62.6 Å². The van der Waals surface area contributed by atoms with Gasteiger partial charge in [-0.1, -0.05) is 212 Å². The van der Waals surface area contributed by atoms with E-state index in [9.17, 15) is 24.3 Å². The summed E-state index contributed by atoms with van der Waals surface area (Å²) in [6.45, 7) is 18.9. The van der Waals surface area contributed by atoms with E-state index in [2.05, 4.69) is 55.2 Å². The SMILES string of the molecule is C=Cc1c(-c2ccccc2)nn(CC)c(=O)c1Nc1cccc(Cl)c1.CCc1c(-c2ccccc2)nn(CC)c(=O)c1Nc1ccccc1.CCn1nc(-c2ccccc2)c(C(C)O)c(Nc2cccc(Cl)c2)c1=O.CCn1nc(-c2ccccc2)c(C(C)OC)c(Nc2cccc(Cl)c2)c1=O. The number of hydrogen-bond donors (Lipinski definition) is 5. The zero-order valence-electron chi connectivity index (χ0n) is 58.0. The molecule has 0 aliphatic rings. The van der Waals surface area contributed by atoms with Gasteiger partial charge in [0.25, 0.3) is 22.2 Å². The van der Waals surface area contributed by atoms with E-state index >= 15 is 0 Å². The average Bonchev–Trinajstić information content (AvgIpc) is 0.800. The Morgan fingerprint density at radius 3 is 1.08 bits per heavy atom. The van der Waals surface area contributed by atoms with Gasteiger partial charge >= 0.3 is 0 Å². The number of halogens is 3. The Morgan fingerprint density at radius 2 is 0.716 bits per heavy atom. The molecule has 8 aromatic carbocycles. The number of aromatic nitrogens is 8. The first-order valence-corrected chi connectivity index (χ1v) is 34.6. The molecular weight excluding hydrogens is 1340 g/mol. The number of aryl methyl sites for hydroxylation is 4. The molecule has 0 saturated carbocycles. The topological polar surface area (TPSA) is 217 Å². The molecule has 5 N–H and O–H groups in total. The number of methoxy groups -OCH3 is 1. The van der Waals surface area contributed by atoms with Gasteiger partial charge in [-0.25, -0.2) is 18.7 Å². The summed E-state index contributed by atoms with van der Waals surface area (Å²) >= 11 is 18.2. The normalized spacial score (nSPS) is 11.3. The monoisotopic (exact) mass is 1420 g/mol. The van der Waals surface area contributed by atoms with Crippen molar-refractivity contribution in [2.24, 2.45) is 0 Å². The summed E-state index contributed by atoms with van der Waals surface area (Å²) in [7, 11) is 1.62. The lowest BCUT2D eigenvalue weighted by atomic mass is 10.0. The van der Waals surface area contributed by atoms with Crippen LogP contribution < -0.4 is 43.5 Å². The summed E-state index contributed by atoms with van der Waals surface area (Å²) in [5.41, 5.74) is 13.4. The fourth-order valence-electron chi connectivity index (χ4n) is 11.2. The van der Waals surface area contributed by atoms with E-state index < -0.39 is 6.10 Å². The average molecular weight is 1420 g/mol. The van der Waals surface area contributed by atoms with Crippen LogP contribution in [-0.2, 0) is 37.3 Å². The van der Waals surface area contributed by atoms with E-state index in [-0.39, 0.29) is 28.3 Å². The number of hydrogen-bond acceptors (Lipinski definition) is 14. The lowest BCUT2D eigenvalue weighted by Gasteiger charge is -2.21. The molecule has 0 bridgehead atoms. The molecule has 0 fully saturated rings. The van der Waals surface area contributed by atoms with Crippen LogP contribution in [0, 0.1) is 0 Å². The molecule has 522 valence electrons. The summed E-state index contributed by atoms with van der Waals surface area (Å²) in [4.78, 5) is 51.6. The predicted molar refractivity (Wildman–Crippen MR) is 418 cm³/mol. The van der Waals surface area contributed by atoms with Crippen molar-refractivity contribution in [3.63, 3.8) is 0 Å². The van der Waals surface area contributed by atoms with E-state index in [1.165, 1.54) is 18.7 Å². The van der Waals surface area contributed by atoms with Gasteiger partial charge in [0.05, 0.1) is 29.3 Å². The van der Waals surface area contributed by atoms with Gasteiger partial charge in [-0.05, 0) is 115 Å². The lowest BCUT2D eigenvalue weighted by Crippen LogP contribution is -2.28. The van der Waals surface area contributed by atoms with Gasteiger partial charge in [0.2, 0.25) is 0 Å². The molecular formula is C81H81Cl3N12O6. The molecule has 0 aliphatic carbocycles. The van der Waals surface area contributed by atoms with Gasteiger partial charge in [-0.2, -0.15) is 20.4 Å². The van der Waals surface area contributed by atoms with Gasteiger partial charge in [-0.15, -0.1) is 0 Å². The maximum Gasteiger partial charge on any atom is 0.291 e. The molecule has 102 heavy (non-hydrogen) atoms. The second-order valence-corrected chi connectivity index (χ2v) is 24.4. The highest BCUT2D eigenvalue weighted by Crippen LogP contribution is 2.36. The molecule has 2 unspecified atom stereocenters. The number of anilines is 8. The molecule has 12 aromatic rings. The Hall–Kier alpha value is -11.0. The first-order chi connectivity index (χ1) is 49.4. The summed E-state index contributed by atoms with van der Waals surface area (Å²) in [6.07, 6.45) is 1.18. The summed E-state index contributed by atoms with van der Waals surface area (Å²) in [5.74, 6) is 0. The van der Waals surface area contributed by atoms with Crippen LogP contribution in [0.25, 0.3) is 51.1 Å². The van der Waals surface area contributed by atoms with Crippen LogP contribution in [0.5, 0.6) is 0 Å². The number of aliphatic hydroxyl groups is 1. The molecule has 0 radical (unpaired) electrons. The summed E-state index contributed by atoms with van der Waals surface area (Å²) < 4.78 is 11.4. The predicted octanol–water partition coefficient (Wildman–Crippen LogP) is 18.6. The Bertz CT molecular complexity index is 5060. The van der Waals surface area contributed by atoms with Crippen LogP contribution in [0.1, 0.15) is 82.9 Å². The van der Waals surface area contributed by atoms with Crippen molar-refractivity contribution < 1.29 is 9.84 Å². The number of para-hydroxylation sites is 1. The third-order valence-corrected chi connectivity index (χ3v) is 17.0. The number of benzene rings is 8. The molecule has 4 aromatic heterocycles. The fourth-order valence-corrected chi connectivity index (χ4v) is 11.8. The van der Waals surface area contributed by atoms with Crippen molar-refractivity contribution in [2.45, 2.75) is 93.3 Å². The van der Waals surface area contributed by atoms with Crippen molar-refractivity contribution >= 4 is 86.4 Å². The van der Waals surface area contributed by atoms with E-state index in [0.717, 1.165) is 68.3 Å². The molecule has 21 heteroatoms. The van der Waals surface area contributed by atoms with Crippen LogP contribution in [0.4, 0.5) is 45.5 Å². The second kappa shape index (κ2) is 36.4. The number of aliphatic hydroxyl groups excluding tert-OH is 1. The molecule has 0 spiro atoms. The van der Waals surface area contributed by atoms with Crippen molar-refractivity contribution in [1.82, 2.24) is 39.1 Å². The number of nitrogens with zero attached hydrogens (tertiary/aromatic N) is 8. The highest BCUT2D eigenvalue weighted by Gasteiger charge is 2.26. The number of ether oxygens (including phenoxy) is 1. The van der Waals surface area contributed by atoms with Crippen LogP contribution in [0.2, 0.25) is 15.1 Å². The van der Waals surface area contributed by atoms with E-state index in [1.807, 2.05) is 217 Å². The quantitative estimate of drug-likeness (QED) is 0.0452. The molecule has 18 nitrogen and oxygen atoms in total.